The molecule has 1 unspecified atom stereocenters. The summed E-state index contributed by atoms with van der Waals surface area (Å²) in [6.45, 7) is 0.382. The van der Waals surface area contributed by atoms with Gasteiger partial charge in [-0.05, 0) is 18.6 Å². The van der Waals surface area contributed by atoms with Gasteiger partial charge in [0.05, 0.1) is 12.8 Å². The third kappa shape index (κ3) is 5.58. The number of methoxy groups -OCH3 is 1. The average molecular weight is 412 g/mol. The Morgan fingerprint density at radius 2 is 2.10 bits per heavy atom. The van der Waals surface area contributed by atoms with Crippen LogP contribution in [0.3, 0.4) is 0 Å². The van der Waals surface area contributed by atoms with Gasteiger partial charge in [0.15, 0.2) is 5.13 Å². The Balaban J connectivity index is 1.46. The Kier molecular flexibility index (Phi) is 6.85. The number of thiazole rings is 1. The van der Waals surface area contributed by atoms with E-state index >= 15 is 0 Å². The monoisotopic (exact) mass is 412 g/mol. The van der Waals surface area contributed by atoms with Gasteiger partial charge in [-0.1, -0.05) is 24.3 Å². The molecule has 8 nitrogen and oxygen atoms in total. The molecule has 2 N–H and O–H groups in total. The fourth-order valence-corrected chi connectivity index (χ4v) is 3.42. The Bertz CT molecular complexity index is 967. The predicted octanol–water partition coefficient (Wildman–Crippen LogP) is 2.12. The van der Waals surface area contributed by atoms with Crippen molar-refractivity contribution in [3.05, 3.63) is 53.1 Å². The SMILES string of the molecule is COc1ccccc1CNC(=O)CCc1csc(NC(=O)C2C=CC=NC2=O)n1. The number of dihydropyridines is 1. The molecule has 1 aromatic carbocycles. The second-order valence-electron chi connectivity index (χ2n) is 6.20. The van der Waals surface area contributed by atoms with E-state index in [0.29, 0.717) is 23.8 Å². The van der Waals surface area contributed by atoms with Crippen LogP contribution in [0.15, 0.2) is 46.8 Å². The van der Waals surface area contributed by atoms with E-state index in [9.17, 15) is 14.4 Å². The Hall–Kier alpha value is -3.33. The molecule has 0 fully saturated rings. The summed E-state index contributed by atoms with van der Waals surface area (Å²) in [5.74, 6) is -1.30. The molecule has 29 heavy (non-hydrogen) atoms. The molecule has 2 aromatic rings. The fraction of sp³-hybridized carbons (Fsp3) is 0.250. The van der Waals surface area contributed by atoms with Crippen LogP contribution in [0.1, 0.15) is 17.7 Å². The van der Waals surface area contributed by atoms with Crippen molar-refractivity contribution in [1.82, 2.24) is 10.3 Å². The van der Waals surface area contributed by atoms with Crippen LogP contribution in [-0.2, 0) is 27.3 Å². The van der Waals surface area contributed by atoms with E-state index in [2.05, 4.69) is 20.6 Å². The van der Waals surface area contributed by atoms with E-state index in [0.717, 1.165) is 11.3 Å². The van der Waals surface area contributed by atoms with E-state index < -0.39 is 17.7 Å². The molecule has 150 valence electrons. The third-order valence-corrected chi connectivity index (χ3v) is 5.01. The van der Waals surface area contributed by atoms with Crippen LogP contribution in [0, 0.1) is 5.92 Å². The van der Waals surface area contributed by atoms with Gasteiger partial charge >= 0.3 is 0 Å². The molecule has 1 aliphatic rings. The minimum atomic E-state index is -0.937. The summed E-state index contributed by atoms with van der Waals surface area (Å²) < 4.78 is 5.26. The van der Waals surface area contributed by atoms with Crippen LogP contribution >= 0.6 is 11.3 Å². The number of hydrogen-bond acceptors (Lipinski definition) is 6. The van der Waals surface area contributed by atoms with Gasteiger partial charge in [0.2, 0.25) is 11.8 Å². The first-order valence-electron chi connectivity index (χ1n) is 8.95. The van der Waals surface area contributed by atoms with E-state index in [-0.39, 0.29) is 12.3 Å². The lowest BCUT2D eigenvalue weighted by molar-refractivity contribution is -0.128. The quantitative estimate of drug-likeness (QED) is 0.646. The van der Waals surface area contributed by atoms with Gasteiger partial charge in [0.1, 0.15) is 11.7 Å². The molecule has 1 atom stereocenters. The molecule has 0 aliphatic carbocycles. The number of anilines is 1. The summed E-state index contributed by atoms with van der Waals surface area (Å²) in [4.78, 5) is 43.8. The average Bonchev–Trinajstić information content (AvgIpc) is 3.18. The van der Waals surface area contributed by atoms with Gasteiger partial charge in [-0.3, -0.25) is 14.4 Å². The molecular formula is C20H20N4O4S. The molecule has 3 amide bonds. The number of ether oxygens (including phenoxy) is 1. The zero-order valence-corrected chi connectivity index (χ0v) is 16.6. The van der Waals surface area contributed by atoms with Crippen LogP contribution in [0.25, 0.3) is 0 Å². The minimum Gasteiger partial charge on any atom is -0.496 e. The van der Waals surface area contributed by atoms with Crippen molar-refractivity contribution in [2.24, 2.45) is 10.9 Å². The van der Waals surface area contributed by atoms with Gasteiger partial charge in [-0.2, -0.15) is 0 Å². The molecule has 0 saturated heterocycles. The number of amides is 3. The summed E-state index contributed by atoms with van der Waals surface area (Å²) in [7, 11) is 1.59. The second-order valence-corrected chi connectivity index (χ2v) is 7.06. The summed E-state index contributed by atoms with van der Waals surface area (Å²) in [6, 6.07) is 7.50. The molecule has 1 aliphatic heterocycles. The van der Waals surface area contributed by atoms with Crippen LogP contribution < -0.4 is 15.4 Å². The number of para-hydroxylation sites is 1. The minimum absolute atomic E-state index is 0.106. The van der Waals surface area contributed by atoms with E-state index in [4.69, 9.17) is 4.74 Å². The van der Waals surface area contributed by atoms with Gasteiger partial charge in [0.25, 0.3) is 5.91 Å². The molecule has 3 rings (SSSR count). The Morgan fingerprint density at radius 1 is 1.28 bits per heavy atom. The number of aryl methyl sites for hydroxylation is 1. The van der Waals surface area contributed by atoms with Gasteiger partial charge in [-0.15, -0.1) is 11.3 Å². The summed E-state index contributed by atoms with van der Waals surface area (Å²) in [5.41, 5.74) is 1.60. The number of rotatable bonds is 8. The highest BCUT2D eigenvalue weighted by Gasteiger charge is 2.25. The van der Waals surface area contributed by atoms with Crippen molar-refractivity contribution in [3.63, 3.8) is 0 Å². The maximum absolute atomic E-state index is 12.2. The zero-order valence-electron chi connectivity index (χ0n) is 15.8. The molecule has 9 heteroatoms. The van der Waals surface area contributed by atoms with Crippen LogP contribution in [0.5, 0.6) is 5.75 Å². The number of carbonyl (C=O) groups is 3. The van der Waals surface area contributed by atoms with Gasteiger partial charge < -0.3 is 15.4 Å². The van der Waals surface area contributed by atoms with Crippen LogP contribution in [-0.4, -0.2) is 36.0 Å². The first kappa shape index (κ1) is 20.4. The van der Waals surface area contributed by atoms with Crippen molar-refractivity contribution >= 4 is 40.4 Å². The molecule has 0 saturated carbocycles. The molecule has 2 heterocycles. The summed E-state index contributed by atoms with van der Waals surface area (Å²) in [6.07, 6.45) is 5.11. The molecule has 1 aromatic heterocycles. The van der Waals surface area contributed by atoms with Gasteiger partial charge in [-0.25, -0.2) is 9.98 Å². The van der Waals surface area contributed by atoms with Crippen molar-refractivity contribution in [2.75, 3.05) is 12.4 Å². The number of hydrogen-bond donors (Lipinski definition) is 2. The number of allylic oxidation sites excluding steroid dienone is 1. The van der Waals surface area contributed by atoms with E-state index in [1.807, 2.05) is 24.3 Å². The van der Waals surface area contributed by atoms with Gasteiger partial charge in [0, 0.05) is 30.1 Å². The Morgan fingerprint density at radius 3 is 2.90 bits per heavy atom. The maximum Gasteiger partial charge on any atom is 0.262 e. The largest absolute Gasteiger partial charge is 0.496 e. The number of nitrogens with one attached hydrogen (secondary N) is 2. The lowest BCUT2D eigenvalue weighted by atomic mass is 10.1. The van der Waals surface area contributed by atoms with Crippen LogP contribution in [0.2, 0.25) is 0 Å². The molecular weight excluding hydrogens is 392 g/mol. The normalized spacial score (nSPS) is 15.2. The maximum atomic E-state index is 12.2. The van der Waals surface area contributed by atoms with E-state index in [1.165, 1.54) is 23.6 Å². The highest BCUT2D eigenvalue weighted by molar-refractivity contribution is 7.13. The van der Waals surface area contributed by atoms with E-state index in [1.54, 1.807) is 18.6 Å². The number of aromatic nitrogens is 1. The number of benzene rings is 1. The summed E-state index contributed by atoms with van der Waals surface area (Å²) >= 11 is 1.24. The lowest BCUT2D eigenvalue weighted by Gasteiger charge is -2.09. The van der Waals surface area contributed by atoms with Crippen molar-refractivity contribution < 1.29 is 19.1 Å². The molecule has 0 spiro atoms. The standard InChI is InChI=1S/C20H20N4O4S/c1-28-16-7-3-2-5-13(16)11-22-17(25)9-8-14-12-29-20(23-14)24-19(27)15-6-4-10-21-18(15)26/h2-7,10,12,15H,8-9,11H2,1H3,(H,22,25)(H,23,24,27). The second kappa shape index (κ2) is 9.74. The summed E-state index contributed by atoms with van der Waals surface area (Å²) in [5, 5.41) is 7.64. The molecule has 0 radical (unpaired) electrons. The van der Waals surface area contributed by atoms with Crippen molar-refractivity contribution in [2.45, 2.75) is 19.4 Å². The molecule has 0 bridgehead atoms. The lowest BCUT2D eigenvalue weighted by Crippen LogP contribution is -2.28. The number of carbonyl (C=O) groups excluding carboxylic acids is 3. The highest BCUT2D eigenvalue weighted by Crippen LogP contribution is 2.19. The van der Waals surface area contributed by atoms with Crippen LogP contribution in [0.4, 0.5) is 5.13 Å². The van der Waals surface area contributed by atoms with Crippen molar-refractivity contribution in [3.8, 4) is 5.75 Å². The fourth-order valence-electron chi connectivity index (χ4n) is 2.67. The third-order valence-electron chi connectivity index (χ3n) is 4.20. The first-order valence-corrected chi connectivity index (χ1v) is 9.83. The Labute approximate surface area is 171 Å². The number of nitrogens with zero attached hydrogens (tertiary/aromatic N) is 2. The zero-order chi connectivity index (χ0) is 20.6. The predicted molar refractivity (Wildman–Crippen MR) is 110 cm³/mol. The van der Waals surface area contributed by atoms with Crippen molar-refractivity contribution in [1.29, 1.82) is 0 Å². The smallest absolute Gasteiger partial charge is 0.262 e. The topological polar surface area (TPSA) is 110 Å². The highest BCUT2D eigenvalue weighted by atomic mass is 32.1. The number of aliphatic imine (C=N–C) groups is 1. The first-order chi connectivity index (χ1) is 14.1.